The molecule has 35 heteroatoms. The van der Waals surface area contributed by atoms with E-state index in [0.717, 1.165) is 0 Å². The van der Waals surface area contributed by atoms with Crippen LogP contribution in [-0.4, -0.2) is 375 Å². The van der Waals surface area contributed by atoms with Crippen molar-refractivity contribution >= 4 is 33.4 Å². The summed E-state index contributed by atoms with van der Waals surface area (Å²) in [6.45, 7) is -0.0980. The van der Waals surface area contributed by atoms with Crippen molar-refractivity contribution < 1.29 is 147 Å². The van der Waals surface area contributed by atoms with E-state index in [4.69, 9.17) is 137 Å². The van der Waals surface area contributed by atoms with Crippen LogP contribution >= 0.6 is 21.6 Å². The average molecular weight is 1420 g/mol. The van der Waals surface area contributed by atoms with Crippen LogP contribution in [-0.2, 0) is 147 Å². The average Bonchev–Trinajstić information content (AvgIpc) is 0.773. The maximum atomic E-state index is 13.8. The molecule has 0 aromatic heterocycles. The number of hydrogen-bond acceptors (Lipinski definition) is 33. The molecule has 0 saturated carbocycles. The van der Waals surface area contributed by atoms with Crippen LogP contribution < -0.4 is 10.6 Å². The van der Waals surface area contributed by atoms with Crippen LogP contribution in [0.4, 0.5) is 0 Å². The summed E-state index contributed by atoms with van der Waals surface area (Å²) in [6, 6.07) is -0.766. The van der Waals surface area contributed by atoms with E-state index in [1.807, 2.05) is 0 Å². The van der Waals surface area contributed by atoms with Gasteiger partial charge in [0.15, 0.2) is 37.7 Å². The molecule has 0 spiro atoms. The quantitative estimate of drug-likeness (QED) is 0.111. The van der Waals surface area contributed by atoms with Crippen molar-refractivity contribution in [3.05, 3.63) is 0 Å². The van der Waals surface area contributed by atoms with E-state index >= 15 is 0 Å². The summed E-state index contributed by atoms with van der Waals surface area (Å²) in [5, 5.41) is 6.08. The normalized spacial score (nSPS) is 43.1. The lowest BCUT2D eigenvalue weighted by Gasteiger charge is -2.52. The van der Waals surface area contributed by atoms with Gasteiger partial charge < -0.3 is 148 Å². The zero-order chi connectivity index (χ0) is 68.9. The Morgan fingerprint density at radius 1 is 0.284 bits per heavy atom. The zero-order valence-electron chi connectivity index (χ0n) is 57.9. The molecule has 18 aliphatic heterocycles. The number of rotatable bonds is 24. The Morgan fingerprint density at radius 2 is 0.516 bits per heavy atom. The summed E-state index contributed by atoms with van der Waals surface area (Å²) in [6.07, 6.45) is -28.4. The van der Waals surface area contributed by atoms with E-state index in [1.54, 1.807) is 0 Å². The molecule has 0 aromatic rings. The second-order valence-electron chi connectivity index (χ2n) is 23.3. The van der Waals surface area contributed by atoms with Crippen molar-refractivity contribution in [1.82, 2.24) is 10.6 Å². The topological polar surface area (TPSA) is 326 Å². The van der Waals surface area contributed by atoms with Gasteiger partial charge in [0.25, 0.3) is 0 Å². The largest absolute Gasteiger partial charge is 0.382 e. The monoisotopic (exact) mass is 1410 g/mol. The number of hydrogen-bond donors (Lipinski definition) is 2. The summed E-state index contributed by atoms with van der Waals surface area (Å²) in [4.78, 5) is 27.5. The molecule has 30 atom stereocenters. The Kier molecular flexibility index (Phi) is 34.8. The van der Waals surface area contributed by atoms with Gasteiger partial charge in [0.1, 0.15) is 140 Å². The van der Waals surface area contributed by atoms with E-state index in [1.165, 1.54) is 150 Å². The second kappa shape index (κ2) is 40.9. The number of ether oxygens (including phenoxy) is 29. The number of methoxy groups -OCH3 is 18. The first-order chi connectivity index (χ1) is 46.2. The minimum Gasteiger partial charge on any atom is -0.382 e. The number of nitrogens with one attached hydrogen (secondary N) is 2. The minimum atomic E-state index is -1.22. The maximum absolute atomic E-state index is 13.8. The predicted octanol–water partition coefficient (Wildman–Crippen LogP) is -0.904. The summed E-state index contributed by atoms with van der Waals surface area (Å²) >= 11 is 0. The Bertz CT molecular complexity index is 2190. The fourth-order valence-electron chi connectivity index (χ4n) is 13.6. The minimum absolute atomic E-state index is 0.00407. The first-order valence-electron chi connectivity index (χ1n) is 31.5. The summed E-state index contributed by atoms with van der Waals surface area (Å²) in [7, 11) is 29.9. The van der Waals surface area contributed by atoms with Gasteiger partial charge in [-0.2, -0.15) is 0 Å². The highest BCUT2D eigenvalue weighted by atomic mass is 33.1. The SMILES string of the molecule is COC[C@H]1O[C@@H]2O[C@H]3[C@H](OC)[C@@H](OC)[C@@H](O[C@H]4[C@H](OC)[C@@H](OC)[C@@H](O[C@H]5[C@H](OC)[C@@H](OC)[C@@H](O[C@H]6[C@H](OC)[C@@H](OC)[C@@H](O[C@H]7[C@H](OC)[C@@H](OC)[C@H](NC(=O)CCSSCCC(=O)N[C@@H]1[C@H](OC)[C@H]2OC)O[C@@H]7COC)O[C@@H]6COC)O[C@@H]5COC)O[C@@H]4COC)O[C@@H]3COC. The highest BCUT2D eigenvalue weighted by molar-refractivity contribution is 8.76. The van der Waals surface area contributed by atoms with Crippen LogP contribution in [0.25, 0.3) is 0 Å². The van der Waals surface area contributed by atoms with Crippen LogP contribution in [0.2, 0.25) is 0 Å². The van der Waals surface area contributed by atoms with Crippen molar-refractivity contribution in [3.63, 3.8) is 0 Å². The fourth-order valence-corrected chi connectivity index (χ4v) is 15.5. The highest BCUT2D eigenvalue weighted by Crippen LogP contribution is 2.41. The third kappa shape index (κ3) is 19.4. The fraction of sp³-hybridized carbons (Fsp3) is 0.967. The van der Waals surface area contributed by atoms with Gasteiger partial charge in [0.2, 0.25) is 11.8 Å². The zero-order valence-corrected chi connectivity index (χ0v) is 59.5. The molecule has 554 valence electrons. The summed E-state index contributed by atoms with van der Waals surface area (Å²) in [5.74, 6) is 0.185. The molecule has 18 saturated heterocycles. The molecule has 18 heterocycles. The Labute approximate surface area is 565 Å². The van der Waals surface area contributed by atoms with Crippen molar-refractivity contribution in [2.24, 2.45) is 0 Å². The lowest BCUT2D eigenvalue weighted by atomic mass is 9.94. The second-order valence-corrected chi connectivity index (χ2v) is 26.0. The molecule has 0 aromatic carbocycles. The van der Waals surface area contributed by atoms with Crippen LogP contribution in [0.15, 0.2) is 0 Å². The maximum Gasteiger partial charge on any atom is 0.222 e. The van der Waals surface area contributed by atoms with Gasteiger partial charge in [-0.25, -0.2) is 0 Å². The smallest absolute Gasteiger partial charge is 0.222 e. The molecule has 18 fully saturated rings. The molecule has 18 aliphatic rings. The molecular weight excluding hydrogens is 1310 g/mol. The number of fused-ring (bicyclic) bond motifs is 2. The molecule has 0 aliphatic carbocycles. The van der Waals surface area contributed by atoms with Gasteiger partial charge >= 0.3 is 0 Å². The van der Waals surface area contributed by atoms with E-state index in [0.29, 0.717) is 11.5 Å². The molecule has 2 N–H and O–H groups in total. The molecule has 0 unspecified atom stereocenters. The Balaban J connectivity index is 1.24. The number of carbonyl (C=O) groups is 2. The summed E-state index contributed by atoms with van der Waals surface area (Å²) < 4.78 is 184. The van der Waals surface area contributed by atoms with Gasteiger partial charge in [0.05, 0.1) is 45.7 Å². The molecule has 2 amide bonds. The molecule has 18 rings (SSSR count). The van der Waals surface area contributed by atoms with Gasteiger partial charge in [-0.3, -0.25) is 9.59 Å². The van der Waals surface area contributed by atoms with Gasteiger partial charge in [-0.1, -0.05) is 21.6 Å². The third-order valence-electron chi connectivity index (χ3n) is 17.9. The van der Waals surface area contributed by atoms with Crippen molar-refractivity contribution in [2.45, 2.75) is 197 Å². The molecular formula is C60H106N2O31S2. The molecule has 95 heavy (non-hydrogen) atoms. The predicted molar refractivity (Wildman–Crippen MR) is 331 cm³/mol. The van der Waals surface area contributed by atoms with Crippen LogP contribution in [0.5, 0.6) is 0 Å². The Morgan fingerprint density at radius 3 is 0.789 bits per heavy atom. The van der Waals surface area contributed by atoms with Crippen molar-refractivity contribution in [3.8, 4) is 0 Å². The molecule has 12 bridgehead atoms. The van der Waals surface area contributed by atoms with Crippen molar-refractivity contribution in [1.29, 1.82) is 0 Å². The first-order valence-corrected chi connectivity index (χ1v) is 34.0. The van der Waals surface area contributed by atoms with Gasteiger partial charge in [-0.15, -0.1) is 0 Å². The van der Waals surface area contributed by atoms with Crippen molar-refractivity contribution in [2.75, 3.05) is 179 Å². The lowest BCUT2D eigenvalue weighted by molar-refractivity contribution is -0.400. The standard InChI is InChI=1S/C60H106N2O31S2/c1-65-23-29-37-43(71-7)50(78-14)56(84-29)90-39-31(25-67-3)86-58(52(80-16)45(39)73-9)92-41-33(27-69-5)88-60(54(82-18)47(41)75-11)93-42-34(28-70-6)87-59(53(81-17)48(42)76-12)91-40-32(26-68-4)85-57(51(79-15)46(40)74-10)89-38-30(24-66-2)83-55(49(77-13)44(38)72-8)62-36(64)20-22-95-94-21-19-35(63)61-37/h29-34,37-60H,19-28H2,1-18H3,(H,61,63)(H,62,64)/t29-,30-,31-,32-,33-,34-,37+,38-,39-,40-,41-,42-,43+,44+,45+,46+,47+,48+,49-,50-,51-,52-,53-,54-,55-,56-,57-,58-,59-,60-/m1/s1. The highest BCUT2D eigenvalue weighted by Gasteiger charge is 2.60. The Hall–Kier alpha value is -1.52. The van der Waals surface area contributed by atoms with E-state index in [2.05, 4.69) is 10.6 Å². The lowest BCUT2D eigenvalue weighted by Crippen LogP contribution is -2.70. The number of carbonyl (C=O) groups excluding carboxylic acids is 2. The van der Waals surface area contributed by atoms with Gasteiger partial charge in [-0.05, 0) is 0 Å². The molecule has 33 nitrogen and oxygen atoms in total. The van der Waals surface area contributed by atoms with Gasteiger partial charge in [0, 0.05) is 152 Å². The summed E-state index contributed by atoms with van der Waals surface area (Å²) in [5.41, 5.74) is 0. The van der Waals surface area contributed by atoms with E-state index in [-0.39, 0.29) is 64.3 Å². The van der Waals surface area contributed by atoms with E-state index in [9.17, 15) is 9.59 Å². The number of amides is 2. The van der Waals surface area contributed by atoms with Crippen LogP contribution in [0.1, 0.15) is 12.8 Å². The molecule has 0 radical (unpaired) electrons. The first kappa shape index (κ1) is 80.8. The van der Waals surface area contributed by atoms with E-state index < -0.39 is 184 Å². The van der Waals surface area contributed by atoms with Crippen LogP contribution in [0, 0.1) is 0 Å². The van der Waals surface area contributed by atoms with Crippen LogP contribution in [0.3, 0.4) is 0 Å². The third-order valence-corrected chi connectivity index (χ3v) is 20.3.